The first-order valence-corrected chi connectivity index (χ1v) is 15.1. The van der Waals surface area contributed by atoms with Gasteiger partial charge in [0.15, 0.2) is 0 Å². The van der Waals surface area contributed by atoms with Gasteiger partial charge in [-0.25, -0.2) is 8.42 Å². The number of sulfonamides is 1. The van der Waals surface area contributed by atoms with Crippen LogP contribution >= 0.6 is 0 Å². The number of methoxy groups -OCH3 is 1. The molecule has 9 heteroatoms. The molecular weight excluding hydrogens is 478 g/mol. The van der Waals surface area contributed by atoms with Gasteiger partial charge < -0.3 is 19.3 Å². The number of piperidine rings is 3. The molecule has 3 heterocycles. The highest BCUT2D eigenvalue weighted by molar-refractivity contribution is 7.89. The van der Waals surface area contributed by atoms with Gasteiger partial charge in [-0.05, 0) is 94.8 Å². The fraction of sp³-hybridized carbons (Fsp3) is 0.741. The van der Waals surface area contributed by atoms with E-state index in [2.05, 4.69) is 4.90 Å². The molecule has 1 amide bonds. The summed E-state index contributed by atoms with van der Waals surface area (Å²) in [4.78, 5) is 17.5. The van der Waals surface area contributed by atoms with Gasteiger partial charge in [0.05, 0.1) is 18.6 Å². The van der Waals surface area contributed by atoms with Crippen LogP contribution in [-0.2, 0) is 19.6 Å². The van der Waals surface area contributed by atoms with E-state index in [0.717, 1.165) is 45.2 Å². The van der Waals surface area contributed by atoms with Gasteiger partial charge in [-0.3, -0.25) is 4.79 Å². The van der Waals surface area contributed by atoms with Crippen molar-refractivity contribution in [2.45, 2.75) is 68.7 Å². The van der Waals surface area contributed by atoms with Gasteiger partial charge in [0.25, 0.3) is 0 Å². The van der Waals surface area contributed by atoms with E-state index >= 15 is 0 Å². The Labute approximate surface area is 217 Å². The molecule has 1 unspecified atom stereocenters. The molecular formula is C27H43N3O5S. The van der Waals surface area contributed by atoms with E-state index in [1.165, 1.54) is 45.3 Å². The highest BCUT2D eigenvalue weighted by Gasteiger charge is 2.34. The first-order valence-electron chi connectivity index (χ1n) is 13.7. The second-order valence-electron chi connectivity index (χ2n) is 10.5. The molecule has 3 fully saturated rings. The number of rotatable bonds is 10. The van der Waals surface area contributed by atoms with E-state index < -0.39 is 10.0 Å². The maximum Gasteiger partial charge on any atom is 0.248 e. The summed E-state index contributed by atoms with van der Waals surface area (Å²) in [6, 6.07) is 6.25. The third-order valence-corrected chi connectivity index (χ3v) is 10.0. The minimum absolute atomic E-state index is 0.0184. The third-order valence-electron chi connectivity index (χ3n) is 8.04. The van der Waals surface area contributed by atoms with Crippen LogP contribution in [0.5, 0.6) is 5.75 Å². The molecule has 8 nitrogen and oxygen atoms in total. The van der Waals surface area contributed by atoms with Crippen LogP contribution in [0.4, 0.5) is 0 Å². The van der Waals surface area contributed by atoms with Crippen LogP contribution in [-0.4, -0.2) is 94.1 Å². The molecule has 3 aliphatic heterocycles. The number of carbonyl (C=O) groups excluding carboxylic acids is 1. The van der Waals surface area contributed by atoms with Crippen molar-refractivity contribution in [1.82, 2.24) is 14.1 Å². The van der Waals surface area contributed by atoms with Crippen molar-refractivity contribution in [3.63, 3.8) is 0 Å². The van der Waals surface area contributed by atoms with Gasteiger partial charge in [0.1, 0.15) is 12.4 Å². The van der Waals surface area contributed by atoms with Crippen molar-refractivity contribution in [1.29, 1.82) is 0 Å². The van der Waals surface area contributed by atoms with E-state index in [9.17, 15) is 13.2 Å². The molecule has 0 radical (unpaired) electrons. The number of ether oxygens (including phenoxy) is 2. The zero-order valence-corrected chi connectivity index (χ0v) is 22.6. The minimum Gasteiger partial charge on any atom is -0.497 e. The monoisotopic (exact) mass is 521 g/mol. The predicted octanol–water partition coefficient (Wildman–Crippen LogP) is 3.37. The molecule has 202 valence electrons. The second kappa shape index (κ2) is 13.2. The smallest absolute Gasteiger partial charge is 0.248 e. The quantitative estimate of drug-likeness (QED) is 0.470. The molecule has 1 atom stereocenters. The summed E-state index contributed by atoms with van der Waals surface area (Å²) in [7, 11) is -2.07. The van der Waals surface area contributed by atoms with Crippen molar-refractivity contribution in [3.8, 4) is 5.75 Å². The van der Waals surface area contributed by atoms with Crippen molar-refractivity contribution in [2.75, 3.05) is 59.6 Å². The highest BCUT2D eigenvalue weighted by atomic mass is 32.2. The number of carbonyl (C=O) groups is 1. The SMILES string of the molecule is COc1ccc(S(=O)(=O)N2CCCCC2COCC(=O)N2CCC(CCN3CCCCC3)CC2)cc1. The molecule has 0 aliphatic carbocycles. The van der Waals surface area contributed by atoms with Crippen LogP contribution < -0.4 is 4.74 Å². The minimum atomic E-state index is -3.63. The zero-order chi connectivity index (χ0) is 25.4. The average molecular weight is 522 g/mol. The van der Waals surface area contributed by atoms with Crippen LogP contribution in [0.3, 0.4) is 0 Å². The molecule has 36 heavy (non-hydrogen) atoms. The Bertz CT molecular complexity index is 925. The molecule has 3 aliphatic rings. The molecule has 1 aromatic carbocycles. The average Bonchev–Trinajstić information content (AvgIpc) is 2.93. The zero-order valence-electron chi connectivity index (χ0n) is 21.8. The molecule has 0 spiro atoms. The third kappa shape index (κ3) is 7.21. The normalized spacial score (nSPS) is 23.0. The Hall–Kier alpha value is -1.68. The van der Waals surface area contributed by atoms with E-state index in [1.54, 1.807) is 35.7 Å². The summed E-state index contributed by atoms with van der Waals surface area (Å²) in [6.45, 7) is 6.02. The Kier molecular flexibility index (Phi) is 10.0. The summed E-state index contributed by atoms with van der Waals surface area (Å²) < 4.78 is 39.1. The molecule has 4 rings (SSSR count). The summed E-state index contributed by atoms with van der Waals surface area (Å²) in [6.07, 6.45) is 9.93. The van der Waals surface area contributed by atoms with Crippen LogP contribution in [0, 0.1) is 5.92 Å². The highest BCUT2D eigenvalue weighted by Crippen LogP contribution is 2.27. The molecule has 0 N–H and O–H groups in total. The number of amides is 1. The summed E-state index contributed by atoms with van der Waals surface area (Å²) in [5, 5.41) is 0. The largest absolute Gasteiger partial charge is 0.497 e. The topological polar surface area (TPSA) is 79.4 Å². The number of benzene rings is 1. The predicted molar refractivity (Wildman–Crippen MR) is 140 cm³/mol. The lowest BCUT2D eigenvalue weighted by Gasteiger charge is -2.35. The maximum absolute atomic E-state index is 13.3. The molecule has 1 aromatic rings. The molecule has 0 saturated carbocycles. The Morgan fingerprint density at radius 2 is 1.61 bits per heavy atom. The standard InChI is InChI=1S/C27H43N3O5S/c1-34-25-8-10-26(11-9-25)36(32,33)30-17-6-3-7-24(30)21-35-22-27(31)29-19-13-23(14-20-29)12-18-28-15-4-2-5-16-28/h8-11,23-24H,2-7,12-22H2,1H3. The number of hydrogen-bond acceptors (Lipinski definition) is 6. The van der Waals surface area contributed by atoms with Gasteiger partial charge >= 0.3 is 0 Å². The van der Waals surface area contributed by atoms with E-state index in [0.29, 0.717) is 18.2 Å². The van der Waals surface area contributed by atoms with Crippen molar-refractivity contribution in [2.24, 2.45) is 5.92 Å². The summed E-state index contributed by atoms with van der Waals surface area (Å²) in [5.74, 6) is 1.35. The summed E-state index contributed by atoms with van der Waals surface area (Å²) in [5.41, 5.74) is 0. The Balaban J connectivity index is 1.20. The fourth-order valence-corrected chi connectivity index (χ4v) is 7.41. The second-order valence-corrected chi connectivity index (χ2v) is 12.4. The molecule has 3 saturated heterocycles. The first-order chi connectivity index (χ1) is 17.5. The van der Waals surface area contributed by atoms with Gasteiger partial charge in [0.2, 0.25) is 15.9 Å². The number of nitrogens with zero attached hydrogens (tertiary/aromatic N) is 3. The van der Waals surface area contributed by atoms with Crippen molar-refractivity contribution < 1.29 is 22.7 Å². The van der Waals surface area contributed by atoms with Gasteiger partial charge in [-0.2, -0.15) is 4.31 Å². The van der Waals surface area contributed by atoms with E-state index in [4.69, 9.17) is 9.47 Å². The fourth-order valence-electron chi connectivity index (χ4n) is 5.73. The van der Waals surface area contributed by atoms with Crippen LogP contribution in [0.25, 0.3) is 0 Å². The van der Waals surface area contributed by atoms with Gasteiger partial charge in [-0.15, -0.1) is 0 Å². The van der Waals surface area contributed by atoms with Crippen LogP contribution in [0.15, 0.2) is 29.2 Å². The van der Waals surface area contributed by atoms with Crippen molar-refractivity contribution >= 4 is 15.9 Å². The van der Waals surface area contributed by atoms with E-state index in [-0.39, 0.29) is 30.1 Å². The lowest BCUT2D eigenvalue weighted by atomic mass is 9.93. The number of hydrogen-bond donors (Lipinski definition) is 0. The van der Waals surface area contributed by atoms with E-state index in [1.807, 2.05) is 4.90 Å². The molecule has 0 aromatic heterocycles. The van der Waals surface area contributed by atoms with Crippen LogP contribution in [0.1, 0.15) is 57.8 Å². The Morgan fingerprint density at radius 3 is 2.31 bits per heavy atom. The van der Waals surface area contributed by atoms with Gasteiger partial charge in [-0.1, -0.05) is 12.8 Å². The molecule has 0 bridgehead atoms. The first kappa shape index (κ1) is 27.4. The van der Waals surface area contributed by atoms with Crippen molar-refractivity contribution in [3.05, 3.63) is 24.3 Å². The lowest BCUT2D eigenvalue weighted by molar-refractivity contribution is -0.138. The van der Waals surface area contributed by atoms with Crippen LogP contribution in [0.2, 0.25) is 0 Å². The van der Waals surface area contributed by atoms with Gasteiger partial charge in [0, 0.05) is 25.7 Å². The number of likely N-dealkylation sites (tertiary alicyclic amines) is 2. The maximum atomic E-state index is 13.3. The summed E-state index contributed by atoms with van der Waals surface area (Å²) >= 11 is 0. The lowest BCUT2D eigenvalue weighted by Crippen LogP contribution is -2.47. The Morgan fingerprint density at radius 1 is 0.917 bits per heavy atom.